The molecule has 4 N–H and O–H groups in total. The van der Waals surface area contributed by atoms with Crippen LogP contribution in [0.25, 0.3) is 0 Å². The van der Waals surface area contributed by atoms with Gasteiger partial charge in [0.05, 0.1) is 17.3 Å². The Labute approximate surface area is 100 Å². The maximum absolute atomic E-state index is 9.06. The topological polar surface area (TPSA) is 73.3 Å². The third kappa shape index (κ3) is 2.65. The fraction of sp³-hybridized carbons (Fsp3) is 0.364. The quantitative estimate of drug-likeness (QED) is 0.552. The average Bonchev–Trinajstić information content (AvgIpc) is 2.26. The van der Waals surface area contributed by atoms with Gasteiger partial charge in [-0.25, -0.2) is 0 Å². The van der Waals surface area contributed by atoms with E-state index in [0.717, 1.165) is 5.69 Å². The molecule has 0 spiro atoms. The van der Waals surface area contributed by atoms with Gasteiger partial charge in [0.1, 0.15) is 5.84 Å². The first-order valence-electron chi connectivity index (χ1n) is 4.95. The van der Waals surface area contributed by atoms with Crippen LogP contribution in [-0.4, -0.2) is 30.6 Å². The SMILES string of the molecule is CC(CO)N(C)c1ccc(C(=N)N)cc1Cl. The van der Waals surface area contributed by atoms with Crippen LogP contribution in [0.4, 0.5) is 5.69 Å². The number of hydrogen-bond donors (Lipinski definition) is 3. The van der Waals surface area contributed by atoms with Gasteiger partial charge in [0.15, 0.2) is 0 Å². The molecule has 0 heterocycles. The fourth-order valence-electron chi connectivity index (χ4n) is 1.32. The number of nitrogens with zero attached hydrogens (tertiary/aromatic N) is 1. The number of hydrogen-bond acceptors (Lipinski definition) is 3. The first-order valence-corrected chi connectivity index (χ1v) is 5.32. The van der Waals surface area contributed by atoms with Gasteiger partial charge < -0.3 is 15.7 Å². The maximum Gasteiger partial charge on any atom is 0.122 e. The van der Waals surface area contributed by atoms with E-state index in [1.165, 1.54) is 0 Å². The molecule has 1 unspecified atom stereocenters. The summed E-state index contributed by atoms with van der Waals surface area (Å²) in [5.41, 5.74) is 6.78. The number of aliphatic hydroxyl groups is 1. The molecule has 1 rings (SSSR count). The van der Waals surface area contributed by atoms with E-state index in [-0.39, 0.29) is 18.5 Å². The minimum atomic E-state index is -0.0133. The Morgan fingerprint density at radius 3 is 2.69 bits per heavy atom. The molecule has 0 saturated carbocycles. The summed E-state index contributed by atoms with van der Waals surface area (Å²) in [6.07, 6.45) is 0. The minimum Gasteiger partial charge on any atom is -0.394 e. The molecule has 0 fully saturated rings. The van der Waals surface area contributed by atoms with Crippen LogP contribution in [0.15, 0.2) is 18.2 Å². The number of amidine groups is 1. The van der Waals surface area contributed by atoms with E-state index < -0.39 is 0 Å². The van der Waals surface area contributed by atoms with Crippen LogP contribution in [0.1, 0.15) is 12.5 Å². The van der Waals surface area contributed by atoms with Crippen LogP contribution in [0.2, 0.25) is 5.02 Å². The summed E-state index contributed by atoms with van der Waals surface area (Å²) in [6, 6.07) is 5.18. The Kier molecular flexibility index (Phi) is 4.15. The van der Waals surface area contributed by atoms with Crippen molar-refractivity contribution in [1.82, 2.24) is 0 Å². The minimum absolute atomic E-state index is 0.00805. The zero-order valence-corrected chi connectivity index (χ0v) is 10.1. The van der Waals surface area contributed by atoms with Gasteiger partial charge >= 0.3 is 0 Å². The van der Waals surface area contributed by atoms with Crippen LogP contribution in [-0.2, 0) is 0 Å². The van der Waals surface area contributed by atoms with Crippen molar-refractivity contribution >= 4 is 23.1 Å². The van der Waals surface area contributed by atoms with Gasteiger partial charge in [0, 0.05) is 18.7 Å². The van der Waals surface area contributed by atoms with Crippen LogP contribution < -0.4 is 10.6 Å². The number of nitrogen functional groups attached to an aromatic ring is 1. The summed E-state index contributed by atoms with van der Waals surface area (Å²) in [7, 11) is 1.86. The van der Waals surface area contributed by atoms with Gasteiger partial charge in [-0.3, -0.25) is 5.41 Å². The van der Waals surface area contributed by atoms with Gasteiger partial charge in [-0.1, -0.05) is 11.6 Å². The van der Waals surface area contributed by atoms with E-state index in [4.69, 9.17) is 27.9 Å². The Morgan fingerprint density at radius 1 is 1.62 bits per heavy atom. The third-order valence-corrected chi connectivity index (χ3v) is 2.87. The molecule has 5 heteroatoms. The fourth-order valence-corrected chi connectivity index (χ4v) is 1.63. The van der Waals surface area contributed by atoms with Crippen molar-refractivity contribution in [3.05, 3.63) is 28.8 Å². The molecule has 0 radical (unpaired) electrons. The van der Waals surface area contributed by atoms with Crippen LogP contribution in [0, 0.1) is 5.41 Å². The molecular formula is C11H16ClN3O. The lowest BCUT2D eigenvalue weighted by molar-refractivity contribution is 0.270. The van der Waals surface area contributed by atoms with E-state index in [1.807, 2.05) is 18.9 Å². The number of nitrogens with two attached hydrogens (primary N) is 1. The highest BCUT2D eigenvalue weighted by atomic mass is 35.5. The van der Waals surface area contributed by atoms with E-state index in [1.54, 1.807) is 18.2 Å². The standard InChI is InChI=1S/C11H16ClN3O/c1-7(6-16)15(2)10-4-3-8(11(13)14)5-9(10)12/h3-5,7,16H,6H2,1-2H3,(H3,13,14). The maximum atomic E-state index is 9.06. The Bertz CT molecular complexity index is 395. The van der Waals surface area contributed by atoms with Crippen molar-refractivity contribution in [1.29, 1.82) is 5.41 Å². The summed E-state index contributed by atoms with van der Waals surface area (Å²) in [5.74, 6) is -0.00805. The second kappa shape index (κ2) is 5.18. The van der Waals surface area contributed by atoms with Crippen molar-refractivity contribution < 1.29 is 5.11 Å². The molecule has 4 nitrogen and oxygen atoms in total. The van der Waals surface area contributed by atoms with Gasteiger partial charge in [0.25, 0.3) is 0 Å². The molecule has 1 aromatic carbocycles. The van der Waals surface area contributed by atoms with Crippen LogP contribution >= 0.6 is 11.6 Å². The third-order valence-electron chi connectivity index (χ3n) is 2.56. The van der Waals surface area contributed by atoms with E-state index in [0.29, 0.717) is 10.6 Å². The Balaban J connectivity index is 3.03. The van der Waals surface area contributed by atoms with Crippen molar-refractivity contribution in [2.75, 3.05) is 18.6 Å². The molecular weight excluding hydrogens is 226 g/mol. The molecule has 0 aliphatic rings. The van der Waals surface area contributed by atoms with Gasteiger partial charge in [-0.15, -0.1) is 0 Å². The lowest BCUT2D eigenvalue weighted by Crippen LogP contribution is -2.32. The number of halogens is 1. The normalized spacial score (nSPS) is 12.2. The summed E-state index contributed by atoms with van der Waals surface area (Å²) >= 11 is 6.09. The molecule has 0 bridgehead atoms. The lowest BCUT2D eigenvalue weighted by atomic mass is 10.1. The highest BCUT2D eigenvalue weighted by Gasteiger charge is 2.12. The van der Waals surface area contributed by atoms with Gasteiger partial charge in [-0.2, -0.15) is 0 Å². The number of benzene rings is 1. The predicted octanol–water partition coefficient (Wildman–Crippen LogP) is 1.44. The van der Waals surface area contributed by atoms with Gasteiger partial charge in [-0.05, 0) is 25.1 Å². The molecule has 0 aliphatic heterocycles. The van der Waals surface area contributed by atoms with E-state index in [9.17, 15) is 0 Å². The summed E-state index contributed by atoms with van der Waals surface area (Å²) < 4.78 is 0. The number of likely N-dealkylation sites (N-methyl/N-ethyl adjacent to an activating group) is 1. The van der Waals surface area contributed by atoms with E-state index >= 15 is 0 Å². The monoisotopic (exact) mass is 241 g/mol. The molecule has 0 aromatic heterocycles. The van der Waals surface area contributed by atoms with E-state index in [2.05, 4.69) is 0 Å². The molecule has 1 aromatic rings. The van der Waals surface area contributed by atoms with Crippen molar-refractivity contribution in [3.63, 3.8) is 0 Å². The molecule has 0 saturated heterocycles. The number of rotatable bonds is 4. The van der Waals surface area contributed by atoms with Crippen LogP contribution in [0.5, 0.6) is 0 Å². The summed E-state index contributed by atoms with van der Waals surface area (Å²) in [5, 5.41) is 16.9. The Morgan fingerprint density at radius 2 is 2.25 bits per heavy atom. The highest BCUT2D eigenvalue weighted by molar-refractivity contribution is 6.33. The molecule has 0 amide bonds. The first kappa shape index (κ1) is 12.8. The first-order chi connectivity index (χ1) is 7.47. The second-order valence-corrected chi connectivity index (χ2v) is 4.13. The smallest absolute Gasteiger partial charge is 0.122 e. The number of nitrogens with one attached hydrogen (secondary N) is 1. The largest absolute Gasteiger partial charge is 0.394 e. The summed E-state index contributed by atoms with van der Waals surface area (Å²) in [4.78, 5) is 1.88. The average molecular weight is 242 g/mol. The van der Waals surface area contributed by atoms with Gasteiger partial charge in [0.2, 0.25) is 0 Å². The van der Waals surface area contributed by atoms with Crippen LogP contribution in [0.3, 0.4) is 0 Å². The number of anilines is 1. The lowest BCUT2D eigenvalue weighted by Gasteiger charge is -2.26. The highest BCUT2D eigenvalue weighted by Crippen LogP contribution is 2.27. The second-order valence-electron chi connectivity index (χ2n) is 3.72. The van der Waals surface area contributed by atoms with Crippen molar-refractivity contribution in [2.45, 2.75) is 13.0 Å². The summed E-state index contributed by atoms with van der Waals surface area (Å²) in [6.45, 7) is 1.95. The Hall–Kier alpha value is -1.26. The molecule has 88 valence electrons. The number of aliphatic hydroxyl groups excluding tert-OH is 1. The zero-order chi connectivity index (χ0) is 12.3. The predicted molar refractivity (Wildman–Crippen MR) is 67.4 cm³/mol. The molecule has 0 aliphatic carbocycles. The zero-order valence-electron chi connectivity index (χ0n) is 9.37. The van der Waals surface area contributed by atoms with Crippen molar-refractivity contribution in [2.24, 2.45) is 5.73 Å². The molecule has 16 heavy (non-hydrogen) atoms. The van der Waals surface area contributed by atoms with Crippen molar-refractivity contribution in [3.8, 4) is 0 Å². The molecule has 1 atom stereocenters.